The van der Waals surface area contributed by atoms with E-state index in [9.17, 15) is 0 Å². The Morgan fingerprint density at radius 1 is 1.52 bits per heavy atom. The number of nitrogens with one attached hydrogen (secondary N) is 2. The van der Waals surface area contributed by atoms with E-state index in [0.717, 1.165) is 43.8 Å². The van der Waals surface area contributed by atoms with Gasteiger partial charge in [-0.15, -0.1) is 24.0 Å². The van der Waals surface area contributed by atoms with E-state index in [-0.39, 0.29) is 24.0 Å². The van der Waals surface area contributed by atoms with Crippen LogP contribution in [0.3, 0.4) is 0 Å². The second-order valence-corrected chi connectivity index (χ2v) is 6.26. The van der Waals surface area contributed by atoms with Gasteiger partial charge in [-0.05, 0) is 37.8 Å². The molecule has 1 fully saturated rings. The molecule has 0 aromatic carbocycles. The summed E-state index contributed by atoms with van der Waals surface area (Å²) in [5.41, 5.74) is 0. The number of nitrogens with zero attached hydrogens (tertiary/aromatic N) is 4. The molecule has 7 nitrogen and oxygen atoms in total. The Kier molecular flexibility index (Phi) is 7.73. The summed E-state index contributed by atoms with van der Waals surface area (Å²) in [5, 5.41) is 10.6. The number of aliphatic imine (C=N–C) groups is 1. The highest BCUT2D eigenvalue weighted by Crippen LogP contribution is 2.16. The molecule has 0 bridgehead atoms. The minimum Gasteiger partial charge on any atom is -0.461 e. The van der Waals surface area contributed by atoms with Gasteiger partial charge in [0.2, 0.25) is 5.82 Å². The fourth-order valence-corrected chi connectivity index (χ4v) is 3.00. The molecular weight excluding hydrogens is 431 g/mol. The second-order valence-electron chi connectivity index (χ2n) is 6.26. The van der Waals surface area contributed by atoms with Gasteiger partial charge in [0.25, 0.3) is 0 Å². The second kappa shape index (κ2) is 9.79. The molecular formula is C17H27IN6O. The Balaban J connectivity index is 0.00000225. The largest absolute Gasteiger partial charge is 0.461 e. The molecule has 3 rings (SSSR count). The van der Waals surface area contributed by atoms with Gasteiger partial charge >= 0.3 is 0 Å². The fourth-order valence-electron chi connectivity index (χ4n) is 3.00. The first-order chi connectivity index (χ1) is 11.8. The van der Waals surface area contributed by atoms with Crippen molar-refractivity contribution < 1.29 is 4.42 Å². The van der Waals surface area contributed by atoms with Crippen molar-refractivity contribution in [1.82, 2.24) is 25.4 Å². The highest BCUT2D eigenvalue weighted by Gasteiger charge is 2.19. The topological polar surface area (TPSA) is 82.3 Å². The lowest BCUT2D eigenvalue weighted by Gasteiger charge is -2.33. The first-order valence-electron chi connectivity index (χ1n) is 8.74. The predicted octanol–water partition coefficient (Wildman–Crippen LogP) is 2.92. The first-order valence-corrected chi connectivity index (χ1v) is 8.74. The maximum absolute atomic E-state index is 5.31. The number of furan rings is 1. The van der Waals surface area contributed by atoms with Crippen LogP contribution in [-0.2, 0) is 6.42 Å². The molecule has 3 heterocycles. The Bertz CT molecular complexity index is 654. The van der Waals surface area contributed by atoms with Crippen LogP contribution < -0.4 is 5.32 Å². The molecule has 0 saturated carbocycles. The molecule has 0 spiro atoms. The summed E-state index contributed by atoms with van der Waals surface area (Å²) in [6, 6.07) is 3.68. The van der Waals surface area contributed by atoms with E-state index in [1.807, 2.05) is 12.1 Å². The summed E-state index contributed by atoms with van der Waals surface area (Å²) in [7, 11) is 0. The molecule has 1 aliphatic rings. The number of hydrogen-bond donors (Lipinski definition) is 2. The number of halogens is 1. The number of aromatic nitrogens is 3. The van der Waals surface area contributed by atoms with Gasteiger partial charge in [0, 0.05) is 32.6 Å². The van der Waals surface area contributed by atoms with Crippen molar-refractivity contribution >= 4 is 29.9 Å². The third-order valence-electron chi connectivity index (χ3n) is 4.17. The predicted molar refractivity (Wildman–Crippen MR) is 109 cm³/mol. The van der Waals surface area contributed by atoms with Gasteiger partial charge in [-0.2, -0.15) is 5.10 Å². The van der Waals surface area contributed by atoms with Crippen molar-refractivity contribution in [3.8, 4) is 11.6 Å². The zero-order chi connectivity index (χ0) is 16.8. The standard InChI is InChI=1S/C17H26N6O.HI/c1-3-18-17(23-10-4-6-13(2)12-23)19-9-8-15-20-16(22-21-15)14-7-5-11-24-14;/h5,7,11,13H,3-4,6,8-10,12H2,1-2H3,(H,18,19)(H,20,21,22);1H. The molecule has 8 heteroatoms. The van der Waals surface area contributed by atoms with E-state index >= 15 is 0 Å². The van der Waals surface area contributed by atoms with Crippen LogP contribution in [0.1, 0.15) is 32.5 Å². The minimum absolute atomic E-state index is 0. The average molecular weight is 458 g/mol. The molecule has 0 aliphatic carbocycles. The van der Waals surface area contributed by atoms with Crippen molar-refractivity contribution in [2.24, 2.45) is 10.9 Å². The van der Waals surface area contributed by atoms with Crippen LogP contribution in [0.5, 0.6) is 0 Å². The monoisotopic (exact) mass is 458 g/mol. The summed E-state index contributed by atoms with van der Waals surface area (Å²) < 4.78 is 5.31. The smallest absolute Gasteiger partial charge is 0.216 e. The average Bonchev–Trinajstić information content (AvgIpc) is 3.25. The van der Waals surface area contributed by atoms with Gasteiger partial charge in [-0.25, -0.2) is 4.98 Å². The van der Waals surface area contributed by atoms with Crippen LogP contribution in [0.2, 0.25) is 0 Å². The van der Waals surface area contributed by atoms with Gasteiger partial charge in [-0.3, -0.25) is 10.1 Å². The molecule has 0 amide bonds. The SMILES string of the molecule is CCNC(=NCCc1nc(-c2ccco2)n[nH]1)N1CCCC(C)C1.I. The lowest BCUT2D eigenvalue weighted by Crippen LogP contribution is -2.46. The fraction of sp³-hybridized carbons (Fsp3) is 0.588. The maximum Gasteiger partial charge on any atom is 0.216 e. The van der Waals surface area contributed by atoms with E-state index in [2.05, 4.69) is 39.2 Å². The Hall–Kier alpha value is -1.58. The zero-order valence-electron chi connectivity index (χ0n) is 14.9. The van der Waals surface area contributed by atoms with Crippen molar-refractivity contribution in [1.29, 1.82) is 0 Å². The van der Waals surface area contributed by atoms with Crippen LogP contribution >= 0.6 is 24.0 Å². The van der Waals surface area contributed by atoms with Gasteiger partial charge in [0.1, 0.15) is 5.82 Å². The van der Waals surface area contributed by atoms with E-state index in [1.165, 1.54) is 12.8 Å². The number of hydrogen-bond acceptors (Lipinski definition) is 4. The van der Waals surface area contributed by atoms with E-state index < -0.39 is 0 Å². The highest BCUT2D eigenvalue weighted by molar-refractivity contribution is 14.0. The molecule has 2 aromatic rings. The number of likely N-dealkylation sites (tertiary alicyclic amines) is 1. The summed E-state index contributed by atoms with van der Waals surface area (Å²) in [4.78, 5) is 11.6. The van der Waals surface area contributed by atoms with E-state index in [1.54, 1.807) is 6.26 Å². The summed E-state index contributed by atoms with van der Waals surface area (Å²) in [5.74, 6) is 3.84. The Morgan fingerprint density at radius 3 is 3.12 bits per heavy atom. The van der Waals surface area contributed by atoms with Crippen LogP contribution in [0, 0.1) is 5.92 Å². The molecule has 1 saturated heterocycles. The molecule has 2 aromatic heterocycles. The van der Waals surface area contributed by atoms with Crippen molar-refractivity contribution in [2.75, 3.05) is 26.2 Å². The summed E-state index contributed by atoms with van der Waals surface area (Å²) >= 11 is 0. The molecule has 1 unspecified atom stereocenters. The van der Waals surface area contributed by atoms with Crippen LogP contribution in [0.25, 0.3) is 11.6 Å². The molecule has 25 heavy (non-hydrogen) atoms. The summed E-state index contributed by atoms with van der Waals surface area (Å²) in [6.45, 7) is 8.14. The van der Waals surface area contributed by atoms with Crippen LogP contribution in [-0.4, -0.2) is 52.2 Å². The number of aromatic amines is 1. The Labute approximate surface area is 165 Å². The van der Waals surface area contributed by atoms with Gasteiger partial charge in [-0.1, -0.05) is 6.92 Å². The quantitative estimate of drug-likeness (QED) is 0.409. The third kappa shape index (κ3) is 5.45. The maximum atomic E-state index is 5.31. The minimum atomic E-state index is 0. The van der Waals surface area contributed by atoms with Crippen molar-refractivity contribution in [2.45, 2.75) is 33.1 Å². The van der Waals surface area contributed by atoms with Gasteiger partial charge in [0.15, 0.2) is 11.7 Å². The first kappa shape index (κ1) is 19.7. The number of guanidine groups is 1. The molecule has 138 valence electrons. The van der Waals surface area contributed by atoms with E-state index in [4.69, 9.17) is 9.41 Å². The van der Waals surface area contributed by atoms with E-state index in [0.29, 0.717) is 18.1 Å². The number of rotatable bonds is 5. The Morgan fingerprint density at radius 2 is 2.40 bits per heavy atom. The molecule has 1 aliphatic heterocycles. The van der Waals surface area contributed by atoms with Gasteiger partial charge in [0.05, 0.1) is 6.26 Å². The van der Waals surface area contributed by atoms with Crippen molar-refractivity contribution in [3.05, 3.63) is 24.2 Å². The number of piperidine rings is 1. The molecule has 1 atom stereocenters. The van der Waals surface area contributed by atoms with Gasteiger partial charge < -0.3 is 14.6 Å². The lowest BCUT2D eigenvalue weighted by atomic mass is 10.0. The van der Waals surface area contributed by atoms with Crippen LogP contribution in [0.15, 0.2) is 27.8 Å². The van der Waals surface area contributed by atoms with Crippen LogP contribution in [0.4, 0.5) is 0 Å². The highest BCUT2D eigenvalue weighted by atomic mass is 127. The molecule has 2 N–H and O–H groups in total. The normalized spacial score (nSPS) is 18.1. The van der Waals surface area contributed by atoms with Crippen molar-refractivity contribution in [3.63, 3.8) is 0 Å². The third-order valence-corrected chi connectivity index (χ3v) is 4.17. The zero-order valence-corrected chi connectivity index (χ0v) is 17.2. The molecule has 0 radical (unpaired) electrons. The number of H-pyrrole nitrogens is 1. The lowest BCUT2D eigenvalue weighted by molar-refractivity contribution is 0.266. The summed E-state index contributed by atoms with van der Waals surface area (Å²) in [6.07, 6.45) is 4.90.